The van der Waals surface area contributed by atoms with Crippen LogP contribution in [0, 0.1) is 5.92 Å². The molecule has 4 N–H and O–H groups in total. The van der Waals surface area contributed by atoms with Crippen LogP contribution in [0.5, 0.6) is 0 Å². The van der Waals surface area contributed by atoms with E-state index in [0.717, 1.165) is 5.56 Å². The standard InChI is InChI=1S/C20H30N6O4/c1-14(2)19(22-13-16(27)11-18(29)30)20-23-24-25-26(20)10-6-9-17(28)21-12-15-7-4-3-5-8-15/h3-5,7-8,14,16,19,22,27H,6,9-13H2,1-2H3,(H,21,28)(H,29,30). The topological polar surface area (TPSA) is 142 Å². The molecule has 30 heavy (non-hydrogen) atoms. The lowest BCUT2D eigenvalue weighted by molar-refractivity contribution is -0.139. The molecule has 2 aromatic rings. The summed E-state index contributed by atoms with van der Waals surface area (Å²) in [7, 11) is 0. The lowest BCUT2D eigenvalue weighted by Crippen LogP contribution is -2.35. The van der Waals surface area contributed by atoms with Crippen molar-refractivity contribution < 1.29 is 19.8 Å². The number of benzene rings is 1. The number of aryl methyl sites for hydroxylation is 1. The second-order valence-corrected chi connectivity index (χ2v) is 7.51. The van der Waals surface area contributed by atoms with Gasteiger partial charge in [0.25, 0.3) is 0 Å². The number of aliphatic hydroxyl groups is 1. The van der Waals surface area contributed by atoms with E-state index in [1.165, 1.54) is 0 Å². The number of amides is 1. The van der Waals surface area contributed by atoms with E-state index in [1.54, 1.807) is 4.68 Å². The van der Waals surface area contributed by atoms with Crippen molar-refractivity contribution in [2.45, 2.75) is 58.3 Å². The number of hydrogen-bond acceptors (Lipinski definition) is 7. The Hall–Kier alpha value is -2.85. The molecule has 1 amide bonds. The third kappa shape index (κ3) is 7.88. The van der Waals surface area contributed by atoms with E-state index >= 15 is 0 Å². The molecule has 0 aliphatic carbocycles. The summed E-state index contributed by atoms with van der Waals surface area (Å²) in [6, 6.07) is 9.46. The Morgan fingerprint density at radius 1 is 1.20 bits per heavy atom. The minimum Gasteiger partial charge on any atom is -0.481 e. The largest absolute Gasteiger partial charge is 0.481 e. The smallest absolute Gasteiger partial charge is 0.306 e. The number of carboxylic acids is 1. The number of tetrazole rings is 1. The van der Waals surface area contributed by atoms with Crippen molar-refractivity contribution >= 4 is 11.9 Å². The molecule has 164 valence electrons. The lowest BCUT2D eigenvalue weighted by atomic mass is 10.0. The summed E-state index contributed by atoms with van der Waals surface area (Å²) in [5, 5.41) is 36.5. The van der Waals surface area contributed by atoms with Crippen LogP contribution in [-0.2, 0) is 22.7 Å². The molecule has 0 spiro atoms. The van der Waals surface area contributed by atoms with Crippen LogP contribution in [0.25, 0.3) is 0 Å². The van der Waals surface area contributed by atoms with Crippen molar-refractivity contribution in [1.82, 2.24) is 30.8 Å². The lowest BCUT2D eigenvalue weighted by Gasteiger charge is -2.23. The SMILES string of the molecule is CC(C)C(NCC(O)CC(=O)O)c1nnnn1CCCC(=O)NCc1ccccc1. The molecule has 0 saturated carbocycles. The van der Waals surface area contributed by atoms with Crippen LogP contribution in [0.2, 0.25) is 0 Å². The first-order valence-corrected chi connectivity index (χ1v) is 10.1. The van der Waals surface area contributed by atoms with Crippen molar-refractivity contribution in [3.8, 4) is 0 Å². The van der Waals surface area contributed by atoms with Gasteiger partial charge in [0.1, 0.15) is 0 Å². The number of aliphatic carboxylic acids is 1. The van der Waals surface area contributed by atoms with E-state index in [2.05, 4.69) is 26.2 Å². The number of carbonyl (C=O) groups is 2. The predicted molar refractivity (Wildman–Crippen MR) is 109 cm³/mol. The van der Waals surface area contributed by atoms with Gasteiger partial charge in [0.15, 0.2) is 5.82 Å². The molecule has 0 aliphatic heterocycles. The maximum atomic E-state index is 12.1. The van der Waals surface area contributed by atoms with Gasteiger partial charge < -0.3 is 20.8 Å². The van der Waals surface area contributed by atoms with Gasteiger partial charge in [0.05, 0.1) is 18.6 Å². The molecule has 2 rings (SSSR count). The number of hydrogen-bond donors (Lipinski definition) is 4. The molecule has 0 aliphatic rings. The van der Waals surface area contributed by atoms with Gasteiger partial charge in [-0.05, 0) is 28.3 Å². The van der Waals surface area contributed by atoms with Gasteiger partial charge in [-0.15, -0.1) is 5.10 Å². The third-order valence-corrected chi connectivity index (χ3v) is 4.59. The van der Waals surface area contributed by atoms with Crippen molar-refractivity contribution in [3.05, 3.63) is 41.7 Å². The number of rotatable bonds is 13. The van der Waals surface area contributed by atoms with Crippen molar-refractivity contribution in [1.29, 1.82) is 0 Å². The minimum absolute atomic E-state index is 0.0381. The fourth-order valence-corrected chi connectivity index (χ4v) is 3.03. The van der Waals surface area contributed by atoms with Gasteiger partial charge in [0, 0.05) is 26.1 Å². The maximum absolute atomic E-state index is 12.1. The summed E-state index contributed by atoms with van der Waals surface area (Å²) >= 11 is 0. The summed E-state index contributed by atoms with van der Waals surface area (Å²) in [4.78, 5) is 22.8. The molecule has 0 fully saturated rings. The molecule has 2 unspecified atom stereocenters. The molecule has 1 heterocycles. The molecule has 10 heteroatoms. The minimum atomic E-state index is -1.05. The Morgan fingerprint density at radius 2 is 1.93 bits per heavy atom. The zero-order chi connectivity index (χ0) is 21.9. The zero-order valence-electron chi connectivity index (χ0n) is 17.4. The van der Waals surface area contributed by atoms with Crippen LogP contribution in [0.1, 0.15) is 50.5 Å². The van der Waals surface area contributed by atoms with Crippen molar-refractivity contribution in [2.75, 3.05) is 6.54 Å². The highest BCUT2D eigenvalue weighted by Crippen LogP contribution is 2.19. The molecule has 10 nitrogen and oxygen atoms in total. The molecular weight excluding hydrogens is 388 g/mol. The van der Waals surface area contributed by atoms with Crippen LogP contribution in [0.3, 0.4) is 0 Å². The molecule has 1 aromatic carbocycles. The van der Waals surface area contributed by atoms with Crippen LogP contribution < -0.4 is 10.6 Å². The number of carboxylic acid groups (broad SMARTS) is 1. The summed E-state index contributed by atoms with van der Waals surface area (Å²) in [5.41, 5.74) is 1.05. The number of nitrogens with one attached hydrogen (secondary N) is 2. The van der Waals surface area contributed by atoms with Gasteiger partial charge in [-0.3, -0.25) is 9.59 Å². The van der Waals surface area contributed by atoms with Crippen molar-refractivity contribution in [3.63, 3.8) is 0 Å². The van der Waals surface area contributed by atoms with E-state index in [1.807, 2.05) is 44.2 Å². The first kappa shape index (κ1) is 23.4. The van der Waals surface area contributed by atoms with Crippen LogP contribution >= 0.6 is 0 Å². The van der Waals surface area contributed by atoms with Crippen LogP contribution in [0.15, 0.2) is 30.3 Å². The molecule has 1 aromatic heterocycles. The Labute approximate surface area is 175 Å². The average molecular weight is 418 g/mol. The fourth-order valence-electron chi connectivity index (χ4n) is 3.03. The first-order chi connectivity index (χ1) is 14.4. The number of aromatic nitrogens is 4. The third-order valence-electron chi connectivity index (χ3n) is 4.59. The maximum Gasteiger partial charge on any atom is 0.306 e. The zero-order valence-corrected chi connectivity index (χ0v) is 17.4. The van der Waals surface area contributed by atoms with Crippen molar-refractivity contribution in [2.24, 2.45) is 5.92 Å². The second-order valence-electron chi connectivity index (χ2n) is 7.51. The monoisotopic (exact) mass is 418 g/mol. The Balaban J connectivity index is 1.83. The van der Waals surface area contributed by atoms with Crippen LogP contribution in [-0.4, -0.2) is 54.9 Å². The summed E-state index contributed by atoms with van der Waals surface area (Å²) in [6.45, 7) is 5.05. The molecular formula is C20H30N6O4. The number of carbonyl (C=O) groups excluding carboxylic acids is 1. The highest BCUT2D eigenvalue weighted by atomic mass is 16.4. The summed E-state index contributed by atoms with van der Waals surface area (Å²) in [5.74, 6) is -0.386. The van der Waals surface area contributed by atoms with Gasteiger partial charge in [-0.1, -0.05) is 44.2 Å². The Morgan fingerprint density at radius 3 is 2.60 bits per heavy atom. The van der Waals surface area contributed by atoms with E-state index in [4.69, 9.17) is 5.11 Å². The van der Waals surface area contributed by atoms with E-state index in [-0.39, 0.29) is 30.8 Å². The quantitative estimate of drug-likeness (QED) is 0.376. The van der Waals surface area contributed by atoms with E-state index in [9.17, 15) is 14.7 Å². The second kappa shape index (κ2) is 12.0. The fraction of sp³-hybridized carbons (Fsp3) is 0.550. The van der Waals surface area contributed by atoms with Gasteiger partial charge >= 0.3 is 5.97 Å². The number of aliphatic hydroxyl groups excluding tert-OH is 1. The average Bonchev–Trinajstić information content (AvgIpc) is 3.14. The molecule has 0 saturated heterocycles. The molecule has 0 bridgehead atoms. The number of nitrogens with zero attached hydrogens (tertiary/aromatic N) is 4. The van der Waals surface area contributed by atoms with E-state index < -0.39 is 12.1 Å². The summed E-state index contributed by atoms with van der Waals surface area (Å²) in [6.07, 6.45) is -0.406. The van der Waals surface area contributed by atoms with Gasteiger partial charge in [-0.25, -0.2) is 4.68 Å². The first-order valence-electron chi connectivity index (χ1n) is 10.1. The van der Waals surface area contributed by atoms with E-state index in [0.29, 0.717) is 31.8 Å². The van der Waals surface area contributed by atoms with Crippen LogP contribution in [0.4, 0.5) is 0 Å². The van der Waals surface area contributed by atoms with Gasteiger partial charge in [-0.2, -0.15) is 0 Å². The van der Waals surface area contributed by atoms with Gasteiger partial charge in [0.2, 0.25) is 5.91 Å². The highest BCUT2D eigenvalue weighted by molar-refractivity contribution is 5.75. The Bertz CT molecular complexity index is 796. The predicted octanol–water partition coefficient (Wildman–Crippen LogP) is 0.892. The molecule has 2 atom stereocenters. The molecule has 0 radical (unpaired) electrons. The summed E-state index contributed by atoms with van der Waals surface area (Å²) < 4.78 is 1.64. The highest BCUT2D eigenvalue weighted by Gasteiger charge is 2.23. The Kier molecular flexibility index (Phi) is 9.36. The normalized spacial score (nSPS) is 13.2.